The number of carbonyl (C=O) groups is 2. The Bertz CT molecular complexity index is 1290. The number of likely N-dealkylation sites (tertiary alicyclic amines) is 1. The van der Waals surface area contributed by atoms with E-state index in [-0.39, 0.29) is 40.6 Å². The number of amides is 2. The van der Waals surface area contributed by atoms with Gasteiger partial charge in [0.2, 0.25) is 5.88 Å². The van der Waals surface area contributed by atoms with Crippen LogP contribution in [0.2, 0.25) is 0 Å². The van der Waals surface area contributed by atoms with Crippen LogP contribution >= 0.6 is 0 Å². The van der Waals surface area contributed by atoms with E-state index in [1.807, 2.05) is 20.8 Å². The van der Waals surface area contributed by atoms with E-state index in [2.05, 4.69) is 9.97 Å². The molecule has 1 aliphatic rings. The van der Waals surface area contributed by atoms with Gasteiger partial charge >= 0.3 is 6.09 Å². The highest BCUT2D eigenvalue weighted by atomic mass is 19.1. The first kappa shape index (κ1) is 25.3. The Morgan fingerprint density at radius 1 is 1.08 bits per heavy atom. The van der Waals surface area contributed by atoms with Crippen molar-refractivity contribution in [2.24, 2.45) is 0 Å². The molecule has 36 heavy (non-hydrogen) atoms. The summed E-state index contributed by atoms with van der Waals surface area (Å²) in [5.74, 6) is -2.05. The molecular formula is C25H29F2N5O4. The highest BCUT2D eigenvalue weighted by Gasteiger charge is 2.29. The highest BCUT2D eigenvalue weighted by molar-refractivity contribution is 5.94. The van der Waals surface area contributed by atoms with Crippen LogP contribution in [0, 0.1) is 11.6 Å². The lowest BCUT2D eigenvalue weighted by Gasteiger charge is -2.34. The topological polar surface area (TPSA) is 89.8 Å². The van der Waals surface area contributed by atoms with Crippen molar-refractivity contribution < 1.29 is 27.8 Å². The largest absolute Gasteiger partial charge is 0.444 e. The summed E-state index contributed by atoms with van der Waals surface area (Å²) in [5, 5.41) is 0.0277. The predicted octanol–water partition coefficient (Wildman–Crippen LogP) is 4.78. The van der Waals surface area contributed by atoms with Crippen LogP contribution in [0.5, 0.6) is 11.6 Å². The van der Waals surface area contributed by atoms with Gasteiger partial charge in [0.15, 0.2) is 23.0 Å². The van der Waals surface area contributed by atoms with Crippen molar-refractivity contribution in [3.8, 4) is 11.6 Å². The third-order valence-electron chi connectivity index (χ3n) is 5.83. The number of rotatable bonds is 4. The minimum atomic E-state index is -0.774. The van der Waals surface area contributed by atoms with Crippen LogP contribution in [-0.4, -0.2) is 69.1 Å². The molecule has 192 valence electrons. The van der Waals surface area contributed by atoms with Gasteiger partial charge in [-0.25, -0.2) is 23.5 Å². The number of ether oxygens (including phenoxy) is 2. The zero-order valence-electron chi connectivity index (χ0n) is 20.9. The summed E-state index contributed by atoms with van der Waals surface area (Å²) in [6, 6.07) is 3.70. The maximum Gasteiger partial charge on any atom is 0.410 e. The van der Waals surface area contributed by atoms with Gasteiger partial charge in [-0.2, -0.15) is 0 Å². The van der Waals surface area contributed by atoms with Crippen molar-refractivity contribution in [1.82, 2.24) is 24.3 Å². The number of fused-ring (bicyclic) bond motifs is 1. The number of nitrogens with zero attached hydrogens (tertiary/aromatic N) is 5. The molecule has 0 atom stereocenters. The third-order valence-corrected chi connectivity index (χ3v) is 5.83. The molecule has 3 heterocycles. The summed E-state index contributed by atoms with van der Waals surface area (Å²) in [7, 11) is 3.13. The lowest BCUT2D eigenvalue weighted by molar-refractivity contribution is 0.0189. The maximum atomic E-state index is 15.1. The van der Waals surface area contributed by atoms with Gasteiger partial charge in [-0.3, -0.25) is 4.79 Å². The molecule has 0 radical (unpaired) electrons. The van der Waals surface area contributed by atoms with E-state index in [4.69, 9.17) is 9.47 Å². The molecule has 1 fully saturated rings. The number of hydrogen-bond donors (Lipinski definition) is 0. The second kappa shape index (κ2) is 9.71. The van der Waals surface area contributed by atoms with E-state index < -0.39 is 17.2 Å². The first-order chi connectivity index (χ1) is 16.9. The van der Waals surface area contributed by atoms with Crippen molar-refractivity contribution in [3.05, 3.63) is 47.9 Å². The minimum Gasteiger partial charge on any atom is -0.444 e. The molecule has 0 N–H and O–H groups in total. The monoisotopic (exact) mass is 501 g/mol. The first-order valence-corrected chi connectivity index (χ1v) is 11.6. The predicted molar refractivity (Wildman–Crippen MR) is 128 cm³/mol. The van der Waals surface area contributed by atoms with E-state index >= 15 is 4.39 Å². The molecule has 2 aromatic heterocycles. The van der Waals surface area contributed by atoms with E-state index in [1.165, 1.54) is 29.6 Å². The highest BCUT2D eigenvalue weighted by Crippen LogP contribution is 2.35. The van der Waals surface area contributed by atoms with Crippen molar-refractivity contribution >= 4 is 23.0 Å². The second-order valence-corrected chi connectivity index (χ2v) is 9.91. The van der Waals surface area contributed by atoms with E-state index in [0.29, 0.717) is 31.6 Å². The fourth-order valence-corrected chi connectivity index (χ4v) is 4.10. The van der Waals surface area contributed by atoms with Crippen LogP contribution in [0.15, 0.2) is 30.7 Å². The van der Waals surface area contributed by atoms with Gasteiger partial charge < -0.3 is 23.8 Å². The van der Waals surface area contributed by atoms with Crippen LogP contribution in [0.1, 0.15) is 50.0 Å². The number of halogens is 2. The molecule has 0 aliphatic carbocycles. The number of carbonyl (C=O) groups excluding carboxylic acids is 2. The molecule has 1 saturated heterocycles. The fraction of sp³-hybridized carbons (Fsp3) is 0.440. The summed E-state index contributed by atoms with van der Waals surface area (Å²) in [6.45, 7) is 6.36. The van der Waals surface area contributed by atoms with Crippen molar-refractivity contribution in [1.29, 1.82) is 0 Å². The fourth-order valence-electron chi connectivity index (χ4n) is 4.10. The number of aromatic nitrogens is 3. The summed E-state index contributed by atoms with van der Waals surface area (Å²) >= 11 is 0. The zero-order valence-corrected chi connectivity index (χ0v) is 20.9. The van der Waals surface area contributed by atoms with Gasteiger partial charge in [0, 0.05) is 45.0 Å². The van der Waals surface area contributed by atoms with Crippen LogP contribution < -0.4 is 4.74 Å². The molecule has 0 saturated carbocycles. The SMILES string of the molecule is CN(C)C(=O)c1ccc(Oc2ncnc3c2c(F)cn3C2CCN(C(=O)OC(C)(C)C)CC2)c(F)c1. The summed E-state index contributed by atoms with van der Waals surface area (Å²) in [4.78, 5) is 35.7. The second-order valence-electron chi connectivity index (χ2n) is 9.91. The Kier molecular flexibility index (Phi) is 6.83. The number of piperidine rings is 1. The van der Waals surface area contributed by atoms with E-state index in [0.717, 1.165) is 6.07 Å². The summed E-state index contributed by atoms with van der Waals surface area (Å²) in [6.07, 6.45) is 3.35. The van der Waals surface area contributed by atoms with Crippen LogP contribution in [-0.2, 0) is 4.74 Å². The molecule has 1 aromatic carbocycles. The molecule has 1 aliphatic heterocycles. The smallest absolute Gasteiger partial charge is 0.410 e. The van der Waals surface area contributed by atoms with Gasteiger partial charge in [-0.15, -0.1) is 0 Å². The van der Waals surface area contributed by atoms with Gasteiger partial charge in [0.05, 0.1) is 0 Å². The first-order valence-electron chi connectivity index (χ1n) is 11.6. The molecule has 0 spiro atoms. The van der Waals surface area contributed by atoms with Crippen LogP contribution in [0.25, 0.3) is 11.0 Å². The minimum absolute atomic E-state index is 0.0277. The Labute approximate surface area is 207 Å². The average Bonchev–Trinajstić information content (AvgIpc) is 3.16. The molecule has 0 unspecified atom stereocenters. The normalized spacial score (nSPS) is 14.7. The molecule has 2 amide bonds. The van der Waals surface area contributed by atoms with Gasteiger partial charge in [-0.1, -0.05) is 0 Å². The molecular weight excluding hydrogens is 472 g/mol. The summed E-state index contributed by atoms with van der Waals surface area (Å²) < 4.78 is 42.5. The van der Waals surface area contributed by atoms with Crippen molar-refractivity contribution in [3.63, 3.8) is 0 Å². The molecule has 11 heteroatoms. The lowest BCUT2D eigenvalue weighted by Crippen LogP contribution is -2.42. The third kappa shape index (κ3) is 5.24. The number of hydrogen-bond acceptors (Lipinski definition) is 6. The molecule has 4 rings (SSSR count). The van der Waals surface area contributed by atoms with Crippen LogP contribution in [0.4, 0.5) is 13.6 Å². The lowest BCUT2D eigenvalue weighted by atomic mass is 10.1. The zero-order chi connectivity index (χ0) is 26.2. The Morgan fingerprint density at radius 3 is 2.39 bits per heavy atom. The van der Waals surface area contributed by atoms with Crippen LogP contribution in [0.3, 0.4) is 0 Å². The summed E-state index contributed by atoms with van der Waals surface area (Å²) in [5.41, 5.74) is -0.108. The van der Waals surface area contributed by atoms with Gasteiger partial charge in [0.25, 0.3) is 5.91 Å². The molecule has 9 nitrogen and oxygen atoms in total. The van der Waals surface area contributed by atoms with E-state index in [9.17, 15) is 14.0 Å². The van der Waals surface area contributed by atoms with Crippen molar-refractivity contribution in [2.75, 3.05) is 27.2 Å². The maximum absolute atomic E-state index is 15.1. The van der Waals surface area contributed by atoms with E-state index in [1.54, 1.807) is 23.6 Å². The Hall–Kier alpha value is -3.76. The average molecular weight is 502 g/mol. The van der Waals surface area contributed by atoms with Crippen molar-refractivity contribution in [2.45, 2.75) is 45.3 Å². The Morgan fingerprint density at radius 2 is 1.78 bits per heavy atom. The standard InChI is InChI=1S/C25H29F2N5O4/c1-25(2,3)36-24(34)31-10-8-16(9-11-31)32-13-18(27)20-21(32)28-14-29-22(20)35-19-7-6-15(12-17(19)26)23(33)30(4)5/h6-7,12-14,16H,8-11H2,1-5H3. The molecule has 3 aromatic rings. The number of benzene rings is 1. The van der Waals surface area contributed by atoms with Gasteiger partial charge in [-0.05, 0) is 51.8 Å². The van der Waals surface area contributed by atoms with Gasteiger partial charge in [0.1, 0.15) is 17.3 Å². The Balaban J connectivity index is 1.54. The quantitative estimate of drug-likeness (QED) is 0.511. The molecule has 0 bridgehead atoms.